The number of hydrogen-bond donors (Lipinski definition) is 1. The molecule has 0 radical (unpaired) electrons. The molecule has 0 bridgehead atoms. The van der Waals surface area contributed by atoms with Crippen molar-refractivity contribution in [2.24, 2.45) is 0 Å². The van der Waals surface area contributed by atoms with Crippen LogP contribution in [0.4, 0.5) is 0 Å². The Balaban J connectivity index is 1.90. The number of ether oxygens (including phenoxy) is 1. The molecule has 2 heterocycles. The van der Waals surface area contributed by atoms with Crippen LogP contribution in [-0.2, 0) is 6.54 Å². The first-order valence-corrected chi connectivity index (χ1v) is 6.69. The molecule has 4 nitrogen and oxygen atoms in total. The van der Waals surface area contributed by atoms with Gasteiger partial charge in [-0.1, -0.05) is 6.07 Å². The monoisotopic (exact) mass is 249 g/mol. The minimum absolute atomic E-state index is 0.681. The van der Waals surface area contributed by atoms with Gasteiger partial charge in [-0.3, -0.25) is 4.90 Å². The zero-order valence-electron chi connectivity index (χ0n) is 11.4. The van der Waals surface area contributed by atoms with Crippen molar-refractivity contribution in [3.63, 3.8) is 0 Å². The second-order valence-corrected chi connectivity index (χ2v) is 4.96. The SMILES string of the molecule is COc1ccc(CN(C)C2CCCNCC2)cn1. The average Bonchev–Trinajstić information content (AvgIpc) is 2.68. The van der Waals surface area contributed by atoms with Crippen LogP contribution in [0.3, 0.4) is 0 Å². The topological polar surface area (TPSA) is 37.4 Å². The summed E-state index contributed by atoms with van der Waals surface area (Å²) in [6.07, 6.45) is 5.70. The number of nitrogens with one attached hydrogen (secondary N) is 1. The Bertz CT molecular complexity index is 345. The van der Waals surface area contributed by atoms with Gasteiger partial charge in [0.15, 0.2) is 0 Å². The van der Waals surface area contributed by atoms with Gasteiger partial charge >= 0.3 is 0 Å². The van der Waals surface area contributed by atoms with Crippen molar-refractivity contribution in [2.45, 2.75) is 31.8 Å². The smallest absolute Gasteiger partial charge is 0.212 e. The van der Waals surface area contributed by atoms with Crippen molar-refractivity contribution < 1.29 is 4.74 Å². The summed E-state index contributed by atoms with van der Waals surface area (Å²) in [6, 6.07) is 4.71. The molecule has 1 aliphatic rings. The fraction of sp³-hybridized carbons (Fsp3) is 0.643. The summed E-state index contributed by atoms with van der Waals surface area (Å²) in [5.74, 6) is 0.681. The molecule has 1 N–H and O–H groups in total. The molecule has 2 rings (SSSR count). The highest BCUT2D eigenvalue weighted by molar-refractivity contribution is 5.17. The van der Waals surface area contributed by atoms with E-state index in [0.717, 1.165) is 19.6 Å². The Morgan fingerprint density at radius 2 is 2.28 bits per heavy atom. The highest BCUT2D eigenvalue weighted by Crippen LogP contribution is 2.15. The summed E-state index contributed by atoms with van der Waals surface area (Å²) in [5.41, 5.74) is 1.25. The number of pyridine rings is 1. The first kappa shape index (κ1) is 13.3. The third-order valence-electron chi connectivity index (χ3n) is 3.61. The van der Waals surface area contributed by atoms with Crippen molar-refractivity contribution >= 4 is 0 Å². The van der Waals surface area contributed by atoms with Crippen molar-refractivity contribution in [3.8, 4) is 5.88 Å². The van der Waals surface area contributed by atoms with E-state index in [4.69, 9.17) is 4.74 Å². The van der Waals surface area contributed by atoms with E-state index >= 15 is 0 Å². The number of nitrogens with zero attached hydrogens (tertiary/aromatic N) is 2. The quantitative estimate of drug-likeness (QED) is 0.880. The van der Waals surface area contributed by atoms with Crippen LogP contribution in [0.15, 0.2) is 18.3 Å². The van der Waals surface area contributed by atoms with Crippen LogP contribution in [0.25, 0.3) is 0 Å². The van der Waals surface area contributed by atoms with Crippen molar-refractivity contribution in [1.82, 2.24) is 15.2 Å². The molecule has 0 aliphatic carbocycles. The molecule has 1 aliphatic heterocycles. The van der Waals surface area contributed by atoms with Gasteiger partial charge in [0.05, 0.1) is 7.11 Å². The van der Waals surface area contributed by atoms with Crippen molar-refractivity contribution in [1.29, 1.82) is 0 Å². The van der Waals surface area contributed by atoms with Gasteiger partial charge in [-0.2, -0.15) is 0 Å². The Kier molecular flexibility index (Phi) is 4.96. The molecular formula is C14H23N3O. The maximum atomic E-state index is 5.07. The molecule has 1 aromatic heterocycles. The Morgan fingerprint density at radius 3 is 3.00 bits per heavy atom. The van der Waals surface area contributed by atoms with Crippen LogP contribution in [-0.4, -0.2) is 43.2 Å². The second kappa shape index (κ2) is 6.71. The van der Waals surface area contributed by atoms with Crippen LogP contribution in [0, 0.1) is 0 Å². The molecule has 1 atom stereocenters. The lowest BCUT2D eigenvalue weighted by atomic mass is 10.1. The lowest BCUT2D eigenvalue weighted by Gasteiger charge is -2.26. The van der Waals surface area contributed by atoms with Gasteiger partial charge in [0.1, 0.15) is 0 Å². The van der Waals surface area contributed by atoms with E-state index in [1.54, 1.807) is 7.11 Å². The summed E-state index contributed by atoms with van der Waals surface area (Å²) < 4.78 is 5.07. The van der Waals surface area contributed by atoms with Crippen LogP contribution >= 0.6 is 0 Å². The zero-order valence-corrected chi connectivity index (χ0v) is 11.4. The molecule has 100 valence electrons. The van der Waals surface area contributed by atoms with Gasteiger partial charge in [-0.25, -0.2) is 4.98 Å². The highest BCUT2D eigenvalue weighted by Gasteiger charge is 2.16. The highest BCUT2D eigenvalue weighted by atomic mass is 16.5. The van der Waals surface area contributed by atoms with E-state index in [1.807, 2.05) is 12.3 Å². The first-order chi connectivity index (χ1) is 8.79. The molecule has 1 fully saturated rings. The predicted octanol–water partition coefficient (Wildman–Crippen LogP) is 1.66. The van der Waals surface area contributed by atoms with E-state index in [9.17, 15) is 0 Å². The van der Waals surface area contributed by atoms with E-state index in [0.29, 0.717) is 11.9 Å². The zero-order chi connectivity index (χ0) is 12.8. The van der Waals surface area contributed by atoms with E-state index in [-0.39, 0.29) is 0 Å². The Labute approximate surface area is 109 Å². The molecular weight excluding hydrogens is 226 g/mol. The summed E-state index contributed by atoms with van der Waals surface area (Å²) in [7, 11) is 3.85. The van der Waals surface area contributed by atoms with Gasteiger partial charge in [0.2, 0.25) is 5.88 Å². The maximum absolute atomic E-state index is 5.07. The molecule has 0 spiro atoms. The normalized spacial score (nSPS) is 20.7. The van der Waals surface area contributed by atoms with Crippen LogP contribution < -0.4 is 10.1 Å². The standard InChI is InChI=1S/C14H23N3O/c1-17(13-4-3-8-15-9-7-13)11-12-5-6-14(18-2)16-10-12/h5-6,10,13,15H,3-4,7-9,11H2,1-2H3. The minimum Gasteiger partial charge on any atom is -0.481 e. The van der Waals surface area contributed by atoms with Gasteiger partial charge in [-0.15, -0.1) is 0 Å². The Hall–Kier alpha value is -1.13. The molecule has 0 saturated carbocycles. The minimum atomic E-state index is 0.681. The van der Waals surface area contributed by atoms with E-state index in [1.165, 1.54) is 24.8 Å². The van der Waals surface area contributed by atoms with E-state index in [2.05, 4.69) is 28.3 Å². The number of hydrogen-bond acceptors (Lipinski definition) is 4. The molecule has 18 heavy (non-hydrogen) atoms. The number of methoxy groups -OCH3 is 1. The number of aromatic nitrogens is 1. The number of rotatable bonds is 4. The fourth-order valence-electron chi connectivity index (χ4n) is 2.48. The summed E-state index contributed by atoms with van der Waals surface area (Å²) in [4.78, 5) is 6.69. The molecule has 1 unspecified atom stereocenters. The van der Waals surface area contributed by atoms with Crippen LogP contribution in [0.2, 0.25) is 0 Å². The van der Waals surface area contributed by atoms with Gasteiger partial charge < -0.3 is 10.1 Å². The maximum Gasteiger partial charge on any atom is 0.212 e. The molecule has 1 saturated heterocycles. The average molecular weight is 249 g/mol. The van der Waals surface area contributed by atoms with Gasteiger partial charge in [-0.05, 0) is 45.0 Å². The van der Waals surface area contributed by atoms with E-state index < -0.39 is 0 Å². The lowest BCUT2D eigenvalue weighted by molar-refractivity contribution is 0.216. The third kappa shape index (κ3) is 3.68. The first-order valence-electron chi connectivity index (χ1n) is 6.69. The predicted molar refractivity (Wildman–Crippen MR) is 72.8 cm³/mol. The Morgan fingerprint density at radius 1 is 1.39 bits per heavy atom. The second-order valence-electron chi connectivity index (χ2n) is 4.96. The van der Waals surface area contributed by atoms with Crippen molar-refractivity contribution in [3.05, 3.63) is 23.9 Å². The molecule has 0 aromatic carbocycles. The molecule has 1 aromatic rings. The lowest BCUT2D eigenvalue weighted by Crippen LogP contribution is -2.32. The summed E-state index contributed by atoms with van der Waals surface area (Å²) in [6.45, 7) is 3.26. The third-order valence-corrected chi connectivity index (χ3v) is 3.61. The van der Waals surface area contributed by atoms with Crippen LogP contribution in [0.5, 0.6) is 5.88 Å². The van der Waals surface area contributed by atoms with Gasteiger partial charge in [0.25, 0.3) is 0 Å². The largest absolute Gasteiger partial charge is 0.481 e. The molecule has 4 heteroatoms. The summed E-state index contributed by atoms with van der Waals surface area (Å²) >= 11 is 0. The summed E-state index contributed by atoms with van der Waals surface area (Å²) in [5, 5.41) is 3.46. The van der Waals surface area contributed by atoms with Gasteiger partial charge in [0, 0.05) is 24.8 Å². The molecule has 0 amide bonds. The fourth-order valence-corrected chi connectivity index (χ4v) is 2.48. The van der Waals surface area contributed by atoms with Crippen molar-refractivity contribution in [2.75, 3.05) is 27.2 Å². The van der Waals surface area contributed by atoms with Crippen LogP contribution in [0.1, 0.15) is 24.8 Å².